The molecule has 2 nitrogen and oxygen atoms in total. The highest BCUT2D eigenvalue weighted by atomic mass is 15.2. The summed E-state index contributed by atoms with van der Waals surface area (Å²) < 4.78 is 0. The first-order valence-electron chi connectivity index (χ1n) is 8.92. The fourth-order valence-corrected chi connectivity index (χ4v) is 3.74. The van der Waals surface area contributed by atoms with Gasteiger partial charge in [-0.25, -0.2) is 0 Å². The molecule has 0 amide bonds. The van der Waals surface area contributed by atoms with E-state index in [0.717, 1.165) is 12.5 Å². The molecule has 122 valence electrons. The molecule has 0 saturated heterocycles. The van der Waals surface area contributed by atoms with E-state index in [1.165, 1.54) is 44.9 Å². The number of hydrogen-bond acceptors (Lipinski definition) is 2. The van der Waals surface area contributed by atoms with E-state index < -0.39 is 0 Å². The maximum Gasteiger partial charge on any atom is 0.0351 e. The minimum Gasteiger partial charge on any atom is -0.312 e. The van der Waals surface area contributed by atoms with Crippen LogP contribution in [0.4, 0.5) is 0 Å². The molecule has 1 N–H and O–H groups in total. The molecule has 0 aliphatic rings. The summed E-state index contributed by atoms with van der Waals surface area (Å²) in [6, 6.07) is 0.610. The van der Waals surface area contributed by atoms with Crippen LogP contribution in [-0.2, 0) is 0 Å². The van der Waals surface area contributed by atoms with E-state index in [4.69, 9.17) is 0 Å². The van der Waals surface area contributed by atoms with Crippen molar-refractivity contribution in [2.75, 3.05) is 20.6 Å². The second-order valence-electron chi connectivity index (χ2n) is 6.47. The molecule has 0 bridgehead atoms. The molecule has 2 atom stereocenters. The number of nitrogens with one attached hydrogen (secondary N) is 1. The molecular formula is C18H40N2. The number of unbranched alkanes of at least 4 members (excludes halogenated alkanes) is 1. The Balaban J connectivity index is 4.98. The van der Waals surface area contributed by atoms with Gasteiger partial charge in [-0.2, -0.15) is 0 Å². The molecule has 2 unspecified atom stereocenters. The zero-order valence-electron chi connectivity index (χ0n) is 15.3. The number of rotatable bonds is 12. The predicted molar refractivity (Wildman–Crippen MR) is 92.4 cm³/mol. The highest BCUT2D eigenvalue weighted by molar-refractivity contribution is 4.97. The van der Waals surface area contributed by atoms with Crippen LogP contribution in [0, 0.1) is 5.92 Å². The average Bonchev–Trinajstić information content (AvgIpc) is 2.44. The first-order chi connectivity index (χ1) is 9.52. The van der Waals surface area contributed by atoms with Gasteiger partial charge in [-0.15, -0.1) is 0 Å². The maximum atomic E-state index is 3.81. The molecule has 0 saturated carbocycles. The zero-order chi connectivity index (χ0) is 15.6. The van der Waals surface area contributed by atoms with Crippen molar-refractivity contribution in [1.82, 2.24) is 10.2 Å². The standard InChI is InChI=1S/C18H40N2/c1-8-13-14-16(9-2)15-17(19-12-5)18(10-3,11-4)20(6)7/h16-17,19H,8-15H2,1-7H3. The lowest BCUT2D eigenvalue weighted by Gasteiger charge is -2.46. The van der Waals surface area contributed by atoms with Crippen LogP contribution in [0.25, 0.3) is 0 Å². The third-order valence-corrected chi connectivity index (χ3v) is 5.33. The summed E-state index contributed by atoms with van der Waals surface area (Å²) in [7, 11) is 4.51. The summed E-state index contributed by atoms with van der Waals surface area (Å²) in [6.45, 7) is 12.7. The van der Waals surface area contributed by atoms with Gasteiger partial charge in [0.25, 0.3) is 0 Å². The van der Waals surface area contributed by atoms with Crippen molar-refractivity contribution >= 4 is 0 Å². The van der Waals surface area contributed by atoms with Gasteiger partial charge in [0, 0.05) is 11.6 Å². The van der Waals surface area contributed by atoms with Gasteiger partial charge < -0.3 is 10.2 Å². The van der Waals surface area contributed by atoms with Crippen molar-refractivity contribution in [1.29, 1.82) is 0 Å². The normalized spacial score (nSPS) is 15.6. The Kier molecular flexibility index (Phi) is 10.6. The lowest BCUT2D eigenvalue weighted by atomic mass is 9.77. The summed E-state index contributed by atoms with van der Waals surface area (Å²) in [5, 5.41) is 3.81. The van der Waals surface area contributed by atoms with Crippen molar-refractivity contribution in [2.45, 2.75) is 91.1 Å². The molecule has 0 rings (SSSR count). The predicted octanol–water partition coefficient (Wildman–Crippen LogP) is 4.69. The van der Waals surface area contributed by atoms with E-state index in [1.54, 1.807) is 0 Å². The summed E-state index contributed by atoms with van der Waals surface area (Å²) in [5.41, 5.74) is 0.301. The Bertz CT molecular complexity index is 221. The number of nitrogens with zero attached hydrogens (tertiary/aromatic N) is 1. The molecule has 0 radical (unpaired) electrons. The first-order valence-corrected chi connectivity index (χ1v) is 8.92. The lowest BCUT2D eigenvalue weighted by molar-refractivity contribution is 0.0750. The fourth-order valence-electron chi connectivity index (χ4n) is 3.74. The maximum absolute atomic E-state index is 3.81. The van der Waals surface area contributed by atoms with Crippen LogP contribution in [0.5, 0.6) is 0 Å². The van der Waals surface area contributed by atoms with E-state index in [2.05, 4.69) is 58.9 Å². The van der Waals surface area contributed by atoms with Gasteiger partial charge in [0.15, 0.2) is 0 Å². The highest BCUT2D eigenvalue weighted by Crippen LogP contribution is 2.31. The van der Waals surface area contributed by atoms with Crippen molar-refractivity contribution in [3.8, 4) is 0 Å². The third-order valence-electron chi connectivity index (χ3n) is 5.33. The van der Waals surface area contributed by atoms with E-state index in [1.807, 2.05) is 0 Å². The summed E-state index contributed by atoms with van der Waals surface area (Å²) in [5.74, 6) is 0.872. The van der Waals surface area contributed by atoms with Gasteiger partial charge in [-0.3, -0.25) is 0 Å². The minimum atomic E-state index is 0.301. The van der Waals surface area contributed by atoms with Gasteiger partial charge in [0.05, 0.1) is 0 Å². The lowest BCUT2D eigenvalue weighted by Crippen LogP contribution is -2.59. The van der Waals surface area contributed by atoms with Crippen LogP contribution < -0.4 is 5.32 Å². The van der Waals surface area contributed by atoms with E-state index in [0.29, 0.717) is 11.6 Å². The molecule has 0 aromatic rings. The molecule has 0 spiro atoms. The van der Waals surface area contributed by atoms with Crippen molar-refractivity contribution in [3.05, 3.63) is 0 Å². The van der Waals surface area contributed by atoms with Crippen molar-refractivity contribution in [2.24, 2.45) is 5.92 Å². The molecule has 2 heteroatoms. The quantitative estimate of drug-likeness (QED) is 0.559. The van der Waals surface area contributed by atoms with Gasteiger partial charge >= 0.3 is 0 Å². The highest BCUT2D eigenvalue weighted by Gasteiger charge is 2.38. The van der Waals surface area contributed by atoms with E-state index in [9.17, 15) is 0 Å². The van der Waals surface area contributed by atoms with E-state index >= 15 is 0 Å². The summed E-state index contributed by atoms with van der Waals surface area (Å²) >= 11 is 0. The molecule has 0 aliphatic carbocycles. The largest absolute Gasteiger partial charge is 0.312 e. The SMILES string of the molecule is CCCCC(CC)CC(NCC)C(CC)(CC)N(C)C. The Morgan fingerprint density at radius 2 is 1.60 bits per heavy atom. The Morgan fingerprint density at radius 1 is 1.00 bits per heavy atom. The third kappa shape index (κ3) is 5.37. The van der Waals surface area contributed by atoms with Crippen LogP contribution in [0.3, 0.4) is 0 Å². The van der Waals surface area contributed by atoms with E-state index in [-0.39, 0.29) is 0 Å². The van der Waals surface area contributed by atoms with Crippen LogP contribution in [-0.4, -0.2) is 37.1 Å². The monoisotopic (exact) mass is 284 g/mol. The second-order valence-corrected chi connectivity index (χ2v) is 6.47. The summed E-state index contributed by atoms with van der Waals surface area (Å²) in [4.78, 5) is 2.47. The Hall–Kier alpha value is -0.0800. The average molecular weight is 285 g/mol. The van der Waals surface area contributed by atoms with Crippen LogP contribution >= 0.6 is 0 Å². The molecule has 0 aromatic heterocycles. The molecule has 0 fully saturated rings. The Morgan fingerprint density at radius 3 is 1.95 bits per heavy atom. The van der Waals surface area contributed by atoms with Gasteiger partial charge in [-0.05, 0) is 45.8 Å². The van der Waals surface area contributed by atoms with Crippen LogP contribution in [0.2, 0.25) is 0 Å². The van der Waals surface area contributed by atoms with Gasteiger partial charge in [0.1, 0.15) is 0 Å². The van der Waals surface area contributed by atoms with Gasteiger partial charge in [0.2, 0.25) is 0 Å². The van der Waals surface area contributed by atoms with Gasteiger partial charge in [-0.1, -0.05) is 60.3 Å². The van der Waals surface area contributed by atoms with Crippen molar-refractivity contribution < 1.29 is 0 Å². The molecule has 0 aromatic carbocycles. The number of hydrogen-bond donors (Lipinski definition) is 1. The molecule has 20 heavy (non-hydrogen) atoms. The zero-order valence-corrected chi connectivity index (χ0v) is 15.3. The van der Waals surface area contributed by atoms with Crippen molar-refractivity contribution in [3.63, 3.8) is 0 Å². The second kappa shape index (κ2) is 10.6. The Labute approximate surface area is 128 Å². The van der Waals surface area contributed by atoms with Crippen LogP contribution in [0.1, 0.15) is 79.6 Å². The first kappa shape index (κ1) is 19.9. The van der Waals surface area contributed by atoms with Crippen LogP contribution in [0.15, 0.2) is 0 Å². The summed E-state index contributed by atoms with van der Waals surface area (Å²) in [6.07, 6.45) is 9.18. The molecule has 0 aliphatic heterocycles. The molecular weight excluding hydrogens is 244 g/mol. The minimum absolute atomic E-state index is 0.301. The topological polar surface area (TPSA) is 15.3 Å². The smallest absolute Gasteiger partial charge is 0.0351 e. The molecule has 0 heterocycles. The fraction of sp³-hybridized carbons (Fsp3) is 1.00. The number of likely N-dealkylation sites (N-methyl/N-ethyl adjacent to an activating group) is 2.